The van der Waals surface area contributed by atoms with Crippen molar-refractivity contribution in [3.05, 3.63) is 35.0 Å². The topological polar surface area (TPSA) is 42.3 Å². The fourth-order valence-corrected chi connectivity index (χ4v) is 2.95. The summed E-state index contributed by atoms with van der Waals surface area (Å²) < 4.78 is 0. The van der Waals surface area contributed by atoms with Crippen LogP contribution in [-0.2, 0) is 0 Å². The summed E-state index contributed by atoms with van der Waals surface area (Å²) in [4.78, 5) is 14.9. The van der Waals surface area contributed by atoms with Crippen LogP contribution in [0.1, 0.15) is 30.7 Å². The molecule has 1 aliphatic carbocycles. The number of hydrogen-bond donors (Lipinski definition) is 0. The van der Waals surface area contributed by atoms with Gasteiger partial charge in [-0.05, 0) is 35.6 Å². The Balaban J connectivity index is 1.84. The number of nitrogens with zero attached hydrogens (tertiary/aromatic N) is 2. The zero-order valence-electron chi connectivity index (χ0n) is 8.60. The molecule has 0 radical (unpaired) electrons. The quantitative estimate of drug-likeness (QED) is 0.544. The van der Waals surface area contributed by atoms with E-state index in [0.29, 0.717) is 5.92 Å². The molecule has 0 aromatic carbocycles. The molecule has 0 unspecified atom stereocenters. The Hall–Kier alpha value is -1.19. The van der Waals surface area contributed by atoms with Crippen LogP contribution in [-0.4, -0.2) is 11.8 Å². The molecular formula is C11H13BN2O. The van der Waals surface area contributed by atoms with Crippen molar-refractivity contribution in [1.29, 1.82) is 0 Å². The van der Waals surface area contributed by atoms with E-state index >= 15 is 0 Å². The predicted octanol–water partition coefficient (Wildman–Crippen LogP) is 2.86. The van der Waals surface area contributed by atoms with Crippen molar-refractivity contribution in [3.63, 3.8) is 0 Å². The molecule has 1 aromatic rings. The monoisotopic (exact) mass is 200 g/mol. The highest BCUT2D eigenvalue weighted by molar-refractivity contribution is 6.62. The van der Waals surface area contributed by atoms with Crippen molar-refractivity contribution in [2.75, 3.05) is 0 Å². The third-order valence-electron chi connectivity index (χ3n) is 4.04. The van der Waals surface area contributed by atoms with Crippen LogP contribution in [0, 0.1) is 4.91 Å². The minimum Gasteiger partial charge on any atom is -0.264 e. The van der Waals surface area contributed by atoms with Crippen LogP contribution in [0.4, 0.5) is 0 Å². The van der Waals surface area contributed by atoms with Gasteiger partial charge >= 0.3 is 6.85 Å². The highest BCUT2D eigenvalue weighted by atomic mass is 16.2. The van der Waals surface area contributed by atoms with Crippen LogP contribution in [0.25, 0.3) is 0 Å². The van der Waals surface area contributed by atoms with Gasteiger partial charge in [-0.1, -0.05) is 18.9 Å². The molecule has 1 saturated carbocycles. The molecule has 0 bridgehead atoms. The highest BCUT2D eigenvalue weighted by Crippen LogP contribution is 2.67. The van der Waals surface area contributed by atoms with E-state index < -0.39 is 0 Å². The first-order valence-electron chi connectivity index (χ1n) is 5.56. The summed E-state index contributed by atoms with van der Waals surface area (Å²) in [6, 6.07) is 4.08. The van der Waals surface area contributed by atoms with Gasteiger partial charge in [0.25, 0.3) is 0 Å². The summed E-state index contributed by atoms with van der Waals surface area (Å²) in [6.45, 7) is 0.0581. The van der Waals surface area contributed by atoms with E-state index in [0.717, 1.165) is 12.7 Å². The van der Waals surface area contributed by atoms with E-state index in [4.69, 9.17) is 0 Å². The molecular weight excluding hydrogens is 187 g/mol. The molecule has 3 rings (SSSR count). The van der Waals surface area contributed by atoms with Crippen LogP contribution in [0.3, 0.4) is 0 Å². The maximum Gasteiger partial charge on any atom is 0.344 e. The smallest absolute Gasteiger partial charge is 0.264 e. The Bertz CT molecular complexity index is 377. The van der Waals surface area contributed by atoms with E-state index in [1.54, 1.807) is 6.20 Å². The minimum atomic E-state index is 0.0581. The second kappa shape index (κ2) is 3.15. The van der Waals surface area contributed by atoms with Gasteiger partial charge in [0.15, 0.2) is 0 Å². The maximum absolute atomic E-state index is 10.8. The molecule has 1 aliphatic heterocycles. The van der Waals surface area contributed by atoms with Crippen molar-refractivity contribution < 1.29 is 0 Å². The van der Waals surface area contributed by atoms with Crippen molar-refractivity contribution in [2.45, 2.75) is 36.8 Å². The third kappa shape index (κ3) is 1.39. The second-order valence-electron chi connectivity index (χ2n) is 4.91. The Morgan fingerprint density at radius 1 is 1.53 bits per heavy atom. The molecule has 1 saturated heterocycles. The normalized spacial score (nSPS) is 26.9. The number of nitroso groups, excluding NO2 is 1. The lowest BCUT2D eigenvalue weighted by Crippen LogP contribution is -2.10. The minimum absolute atomic E-state index is 0.0581. The fraction of sp³-hybridized carbons (Fsp3) is 0.545. The van der Waals surface area contributed by atoms with Gasteiger partial charge in [0, 0.05) is 12.4 Å². The van der Waals surface area contributed by atoms with Crippen molar-refractivity contribution >= 4 is 6.85 Å². The molecule has 3 nitrogen and oxygen atoms in total. The number of hydrogen-bond acceptors (Lipinski definition) is 3. The zero-order valence-corrected chi connectivity index (χ0v) is 8.60. The Labute approximate surface area is 89.4 Å². The lowest BCUT2D eigenvalue weighted by atomic mass is 9.51. The standard InChI is InChI=1S/C11H13BN2O/c15-14-12-7-10(6-11(12)3-4-11)9-2-1-5-13-8-9/h1-2,5,8,10H,3-4,6-7H2/t10-/m0/s1. The summed E-state index contributed by atoms with van der Waals surface area (Å²) in [5.41, 5.74) is 1.27. The number of aromatic nitrogens is 1. The molecule has 2 fully saturated rings. The van der Waals surface area contributed by atoms with Gasteiger partial charge in [-0.2, -0.15) is 4.91 Å². The third-order valence-corrected chi connectivity index (χ3v) is 4.04. The Kier molecular flexibility index (Phi) is 1.91. The van der Waals surface area contributed by atoms with E-state index in [9.17, 15) is 4.91 Å². The molecule has 2 heterocycles. The lowest BCUT2D eigenvalue weighted by Gasteiger charge is -2.09. The average Bonchev–Trinajstić information content (AvgIpc) is 2.94. The molecule has 1 spiro atoms. The first-order chi connectivity index (χ1) is 7.34. The van der Waals surface area contributed by atoms with Gasteiger partial charge in [0.2, 0.25) is 0 Å². The van der Waals surface area contributed by atoms with Crippen LogP contribution in [0.5, 0.6) is 0 Å². The summed E-state index contributed by atoms with van der Waals surface area (Å²) in [5, 5.41) is 3.59. The van der Waals surface area contributed by atoms with Gasteiger partial charge in [-0.3, -0.25) is 4.98 Å². The van der Waals surface area contributed by atoms with E-state index in [1.807, 2.05) is 12.3 Å². The maximum atomic E-state index is 10.8. The van der Waals surface area contributed by atoms with Gasteiger partial charge in [0.1, 0.15) is 0 Å². The van der Waals surface area contributed by atoms with Crippen LogP contribution in [0.2, 0.25) is 11.6 Å². The molecule has 1 aromatic heterocycles. The average molecular weight is 200 g/mol. The molecule has 0 N–H and O–H groups in total. The Morgan fingerprint density at radius 2 is 2.40 bits per heavy atom. The van der Waals surface area contributed by atoms with Crippen LogP contribution in [0.15, 0.2) is 29.6 Å². The van der Waals surface area contributed by atoms with Crippen molar-refractivity contribution in [1.82, 2.24) is 4.98 Å². The molecule has 0 amide bonds. The van der Waals surface area contributed by atoms with Gasteiger partial charge in [-0.15, -0.1) is 5.09 Å². The zero-order chi connectivity index (χ0) is 10.3. The summed E-state index contributed by atoms with van der Waals surface area (Å²) in [7, 11) is 0. The number of pyridine rings is 1. The molecule has 1 atom stereocenters. The van der Waals surface area contributed by atoms with Gasteiger partial charge in [-0.25, -0.2) is 0 Å². The van der Waals surface area contributed by atoms with Crippen LogP contribution < -0.4 is 0 Å². The lowest BCUT2D eigenvalue weighted by molar-refractivity contribution is 0.678. The van der Waals surface area contributed by atoms with E-state index in [-0.39, 0.29) is 12.2 Å². The van der Waals surface area contributed by atoms with Crippen LogP contribution >= 0.6 is 0 Å². The molecule has 4 heteroatoms. The van der Waals surface area contributed by atoms with E-state index in [2.05, 4.69) is 16.1 Å². The van der Waals surface area contributed by atoms with Gasteiger partial charge in [0.05, 0.1) is 0 Å². The molecule has 76 valence electrons. The fourth-order valence-electron chi connectivity index (χ4n) is 2.95. The summed E-state index contributed by atoms with van der Waals surface area (Å²) in [6.07, 6.45) is 8.17. The first kappa shape index (κ1) is 9.07. The molecule has 2 aliphatic rings. The second-order valence-corrected chi connectivity index (χ2v) is 4.91. The Morgan fingerprint density at radius 3 is 2.93 bits per heavy atom. The van der Waals surface area contributed by atoms with Gasteiger partial charge < -0.3 is 0 Å². The predicted molar refractivity (Wildman–Crippen MR) is 59.9 cm³/mol. The number of rotatable bonds is 2. The summed E-state index contributed by atoms with van der Waals surface area (Å²) in [5.74, 6) is 0.504. The van der Waals surface area contributed by atoms with Crippen molar-refractivity contribution in [3.8, 4) is 0 Å². The summed E-state index contributed by atoms with van der Waals surface area (Å²) >= 11 is 0. The first-order valence-corrected chi connectivity index (χ1v) is 5.56. The largest absolute Gasteiger partial charge is 0.344 e. The highest BCUT2D eigenvalue weighted by Gasteiger charge is 2.59. The SMILES string of the molecule is O=NB1C[C@@H](c2cccnc2)CC12CC2. The van der Waals surface area contributed by atoms with Crippen molar-refractivity contribution in [2.24, 2.45) is 5.09 Å². The van der Waals surface area contributed by atoms with E-state index in [1.165, 1.54) is 18.4 Å². The molecule has 15 heavy (non-hydrogen) atoms.